The minimum absolute atomic E-state index is 0.156. The molecular weight excluding hydrogens is 295 g/mol. The van der Waals surface area contributed by atoms with Gasteiger partial charge < -0.3 is 4.74 Å². The van der Waals surface area contributed by atoms with Crippen molar-refractivity contribution in [1.82, 2.24) is 9.97 Å². The highest BCUT2D eigenvalue weighted by Crippen LogP contribution is 2.34. The number of fused-ring (bicyclic) bond motifs is 1. The average molecular weight is 305 g/mol. The number of halogens is 2. The van der Waals surface area contributed by atoms with Gasteiger partial charge in [0.1, 0.15) is 5.75 Å². The fraction of sp³-hybridized carbons (Fsp3) is 0.0667. The highest BCUT2D eigenvalue weighted by Gasteiger charge is 2.09. The number of benzene rings is 2. The smallest absolute Gasteiger partial charge is 0.226 e. The van der Waals surface area contributed by atoms with Gasteiger partial charge in [-0.2, -0.15) is 4.98 Å². The van der Waals surface area contributed by atoms with E-state index in [9.17, 15) is 0 Å². The van der Waals surface area contributed by atoms with Gasteiger partial charge >= 0.3 is 0 Å². The van der Waals surface area contributed by atoms with Gasteiger partial charge in [0, 0.05) is 27.6 Å². The molecule has 0 fully saturated rings. The first-order chi connectivity index (χ1) is 9.65. The molecule has 0 spiro atoms. The number of aryl methyl sites for hydroxylation is 1. The Balaban J connectivity index is 2.11. The Morgan fingerprint density at radius 3 is 2.55 bits per heavy atom. The van der Waals surface area contributed by atoms with Gasteiger partial charge in [-0.15, -0.1) is 0 Å². The normalized spacial score (nSPS) is 10.8. The second-order valence-electron chi connectivity index (χ2n) is 4.32. The lowest BCUT2D eigenvalue weighted by molar-refractivity contribution is 0.462. The zero-order chi connectivity index (χ0) is 14.1. The summed E-state index contributed by atoms with van der Waals surface area (Å²) in [7, 11) is 0. The summed E-state index contributed by atoms with van der Waals surface area (Å²) in [6.07, 6.45) is 1.63. The van der Waals surface area contributed by atoms with Gasteiger partial charge in [-0.3, -0.25) is 0 Å². The maximum absolute atomic E-state index is 6.19. The SMILES string of the molecule is Cc1cnc(Cl)nc1Oc1ccc(Cl)c2ccccc12. The summed E-state index contributed by atoms with van der Waals surface area (Å²) in [5.74, 6) is 1.13. The van der Waals surface area contributed by atoms with Crippen LogP contribution in [0, 0.1) is 6.92 Å². The summed E-state index contributed by atoms with van der Waals surface area (Å²) in [5.41, 5.74) is 0.813. The topological polar surface area (TPSA) is 35.0 Å². The quantitative estimate of drug-likeness (QED) is 0.622. The molecule has 0 bridgehead atoms. The predicted molar refractivity (Wildman–Crippen MR) is 80.8 cm³/mol. The molecule has 0 amide bonds. The lowest BCUT2D eigenvalue weighted by Crippen LogP contribution is -1.94. The zero-order valence-corrected chi connectivity index (χ0v) is 12.1. The molecule has 0 unspecified atom stereocenters. The molecule has 3 nitrogen and oxygen atoms in total. The number of hydrogen-bond donors (Lipinski definition) is 0. The molecule has 0 aliphatic rings. The molecule has 20 heavy (non-hydrogen) atoms. The van der Waals surface area contributed by atoms with Crippen molar-refractivity contribution in [1.29, 1.82) is 0 Å². The lowest BCUT2D eigenvalue weighted by Gasteiger charge is -2.10. The first kappa shape index (κ1) is 13.2. The van der Waals surface area contributed by atoms with E-state index in [4.69, 9.17) is 27.9 Å². The van der Waals surface area contributed by atoms with Crippen LogP contribution in [0.1, 0.15) is 5.56 Å². The summed E-state index contributed by atoms with van der Waals surface area (Å²) in [5, 5.41) is 2.70. The molecule has 100 valence electrons. The number of ether oxygens (including phenoxy) is 1. The Hall–Kier alpha value is -1.84. The second-order valence-corrected chi connectivity index (χ2v) is 5.07. The molecule has 3 aromatic rings. The van der Waals surface area contributed by atoms with Crippen LogP contribution in [-0.2, 0) is 0 Å². The molecule has 0 radical (unpaired) electrons. The molecule has 2 aromatic carbocycles. The molecule has 5 heteroatoms. The minimum Gasteiger partial charge on any atom is -0.438 e. The number of aromatic nitrogens is 2. The summed E-state index contributed by atoms with van der Waals surface area (Å²) < 4.78 is 5.86. The number of hydrogen-bond acceptors (Lipinski definition) is 3. The Labute approximate surface area is 126 Å². The molecule has 0 N–H and O–H groups in total. The summed E-state index contributed by atoms with van der Waals surface area (Å²) in [6.45, 7) is 1.86. The maximum atomic E-state index is 6.19. The summed E-state index contributed by atoms with van der Waals surface area (Å²) >= 11 is 12.0. The van der Waals surface area contributed by atoms with Crippen LogP contribution in [0.3, 0.4) is 0 Å². The van der Waals surface area contributed by atoms with E-state index in [1.165, 1.54) is 0 Å². The third-order valence-corrected chi connectivity index (χ3v) is 3.45. The monoisotopic (exact) mass is 304 g/mol. The number of nitrogens with zero attached hydrogens (tertiary/aromatic N) is 2. The summed E-state index contributed by atoms with van der Waals surface area (Å²) in [4.78, 5) is 8.01. The van der Waals surface area contributed by atoms with Crippen LogP contribution in [0.4, 0.5) is 0 Å². The molecule has 0 aliphatic heterocycles. The largest absolute Gasteiger partial charge is 0.438 e. The van der Waals surface area contributed by atoms with E-state index >= 15 is 0 Å². The van der Waals surface area contributed by atoms with E-state index in [-0.39, 0.29) is 5.28 Å². The van der Waals surface area contributed by atoms with Crippen LogP contribution < -0.4 is 4.74 Å². The van der Waals surface area contributed by atoms with Crippen molar-refractivity contribution in [3.63, 3.8) is 0 Å². The van der Waals surface area contributed by atoms with Crippen molar-refractivity contribution >= 4 is 34.0 Å². The standard InChI is InChI=1S/C15H10Cl2N2O/c1-9-8-18-15(17)19-14(9)20-13-7-6-12(16)10-4-2-3-5-11(10)13/h2-8H,1H3. The Kier molecular flexibility index (Phi) is 3.47. The van der Waals surface area contributed by atoms with E-state index in [0.717, 1.165) is 16.3 Å². The van der Waals surface area contributed by atoms with Gasteiger partial charge in [-0.05, 0) is 30.7 Å². The minimum atomic E-state index is 0.156. The highest BCUT2D eigenvalue weighted by molar-refractivity contribution is 6.35. The Morgan fingerprint density at radius 2 is 1.75 bits per heavy atom. The van der Waals surface area contributed by atoms with Gasteiger partial charge in [0.2, 0.25) is 11.2 Å². The van der Waals surface area contributed by atoms with Gasteiger partial charge in [-0.25, -0.2) is 4.98 Å². The van der Waals surface area contributed by atoms with E-state index in [2.05, 4.69) is 9.97 Å². The molecule has 3 rings (SSSR count). The van der Waals surface area contributed by atoms with Crippen molar-refractivity contribution in [3.05, 3.63) is 58.5 Å². The maximum Gasteiger partial charge on any atom is 0.226 e. The lowest BCUT2D eigenvalue weighted by atomic mass is 10.1. The first-order valence-corrected chi connectivity index (χ1v) is 6.75. The van der Waals surface area contributed by atoms with E-state index in [0.29, 0.717) is 16.7 Å². The molecule has 0 saturated carbocycles. The molecule has 0 saturated heterocycles. The van der Waals surface area contributed by atoms with Crippen molar-refractivity contribution in [3.8, 4) is 11.6 Å². The van der Waals surface area contributed by atoms with E-state index in [1.807, 2.05) is 37.3 Å². The van der Waals surface area contributed by atoms with Crippen LogP contribution in [0.2, 0.25) is 10.3 Å². The fourth-order valence-electron chi connectivity index (χ4n) is 1.94. The second kappa shape index (κ2) is 5.27. The van der Waals surface area contributed by atoms with Crippen LogP contribution in [-0.4, -0.2) is 9.97 Å². The van der Waals surface area contributed by atoms with Crippen LogP contribution >= 0.6 is 23.2 Å². The molecule has 1 heterocycles. The Morgan fingerprint density at radius 1 is 1.00 bits per heavy atom. The first-order valence-electron chi connectivity index (χ1n) is 5.99. The van der Waals surface area contributed by atoms with Crippen LogP contribution in [0.15, 0.2) is 42.6 Å². The molecule has 0 aliphatic carbocycles. The molecular formula is C15H10Cl2N2O. The van der Waals surface area contributed by atoms with Crippen molar-refractivity contribution in [2.75, 3.05) is 0 Å². The predicted octanol–water partition coefficient (Wildman–Crippen LogP) is 5.04. The molecule has 0 atom stereocenters. The van der Waals surface area contributed by atoms with Gasteiger partial charge in [0.25, 0.3) is 0 Å². The van der Waals surface area contributed by atoms with E-state index < -0.39 is 0 Å². The zero-order valence-electron chi connectivity index (χ0n) is 10.6. The third-order valence-electron chi connectivity index (χ3n) is 2.93. The van der Waals surface area contributed by atoms with E-state index in [1.54, 1.807) is 12.3 Å². The van der Waals surface area contributed by atoms with Gasteiger partial charge in [0.05, 0.1) is 0 Å². The van der Waals surface area contributed by atoms with Crippen LogP contribution in [0.25, 0.3) is 10.8 Å². The van der Waals surface area contributed by atoms with Crippen LogP contribution in [0.5, 0.6) is 11.6 Å². The fourth-order valence-corrected chi connectivity index (χ4v) is 2.29. The van der Waals surface area contributed by atoms with Crippen molar-refractivity contribution in [2.24, 2.45) is 0 Å². The highest BCUT2D eigenvalue weighted by atomic mass is 35.5. The molecule has 1 aromatic heterocycles. The summed E-state index contributed by atoms with van der Waals surface area (Å²) in [6, 6.07) is 11.4. The number of rotatable bonds is 2. The van der Waals surface area contributed by atoms with Crippen molar-refractivity contribution in [2.45, 2.75) is 6.92 Å². The van der Waals surface area contributed by atoms with Crippen molar-refractivity contribution < 1.29 is 4.74 Å². The van der Waals surface area contributed by atoms with Gasteiger partial charge in [-0.1, -0.05) is 35.9 Å². The average Bonchev–Trinajstić information content (AvgIpc) is 2.46. The third kappa shape index (κ3) is 2.42. The van der Waals surface area contributed by atoms with Gasteiger partial charge in [0.15, 0.2) is 0 Å². The Bertz CT molecular complexity index is 790.